The van der Waals surface area contributed by atoms with E-state index >= 15 is 0 Å². The van der Waals surface area contributed by atoms with E-state index in [1.165, 1.54) is 6.08 Å². The fourth-order valence-corrected chi connectivity index (χ4v) is 1.19. The van der Waals surface area contributed by atoms with Gasteiger partial charge in [0.25, 0.3) is 0 Å². The molecule has 0 amide bonds. The average molecular weight is 183 g/mol. The highest BCUT2D eigenvalue weighted by atomic mass is 35.5. The van der Waals surface area contributed by atoms with Gasteiger partial charge in [0.15, 0.2) is 0 Å². The molecule has 0 radical (unpaired) electrons. The van der Waals surface area contributed by atoms with Gasteiger partial charge < -0.3 is 5.11 Å². The largest absolute Gasteiger partial charge is 0.389 e. The molecule has 0 aromatic heterocycles. The topological polar surface area (TPSA) is 20.2 Å². The molecule has 0 aliphatic carbocycles. The summed E-state index contributed by atoms with van der Waals surface area (Å²) in [5.74, 6) is 0. The lowest BCUT2D eigenvalue weighted by molar-refractivity contribution is 0.224. The number of aliphatic hydroxyl groups excluding tert-OH is 1. The van der Waals surface area contributed by atoms with E-state index < -0.39 is 6.10 Å². The van der Waals surface area contributed by atoms with Crippen molar-refractivity contribution in [1.82, 2.24) is 0 Å². The van der Waals surface area contributed by atoms with Gasteiger partial charge in [-0.3, -0.25) is 0 Å². The Kier molecular flexibility index (Phi) is 3.32. The maximum Gasteiger partial charge on any atom is 0.0759 e. The van der Waals surface area contributed by atoms with Crippen LogP contribution in [0.3, 0.4) is 0 Å². The van der Waals surface area contributed by atoms with Crippen LogP contribution in [-0.4, -0.2) is 11.2 Å². The van der Waals surface area contributed by atoms with E-state index in [0.29, 0.717) is 11.4 Å². The summed E-state index contributed by atoms with van der Waals surface area (Å²) >= 11 is 5.88. The molecule has 0 aliphatic heterocycles. The molecule has 0 heterocycles. The third kappa shape index (κ3) is 2.36. The summed E-state index contributed by atoms with van der Waals surface area (Å²) < 4.78 is 0. The quantitative estimate of drug-likeness (QED) is 0.712. The molecular weight excluding hydrogens is 172 g/mol. The molecule has 0 spiro atoms. The molecular formula is C10H11ClO. The SMILES string of the molecule is C=CC(O)Cc1ccccc1Cl. The zero-order valence-corrected chi connectivity index (χ0v) is 7.46. The number of hydrogen-bond acceptors (Lipinski definition) is 1. The van der Waals surface area contributed by atoms with Crippen molar-refractivity contribution in [3.8, 4) is 0 Å². The highest BCUT2D eigenvalue weighted by molar-refractivity contribution is 6.31. The number of benzene rings is 1. The Labute approximate surface area is 77.3 Å². The monoisotopic (exact) mass is 182 g/mol. The van der Waals surface area contributed by atoms with Crippen LogP contribution >= 0.6 is 11.6 Å². The summed E-state index contributed by atoms with van der Waals surface area (Å²) in [5, 5.41) is 9.95. The molecule has 2 heteroatoms. The van der Waals surface area contributed by atoms with Crippen molar-refractivity contribution in [2.24, 2.45) is 0 Å². The van der Waals surface area contributed by atoms with Gasteiger partial charge in [-0.15, -0.1) is 6.58 Å². The summed E-state index contributed by atoms with van der Waals surface area (Å²) in [6.45, 7) is 3.49. The Balaban J connectivity index is 2.75. The third-order valence-corrected chi connectivity index (χ3v) is 2.03. The van der Waals surface area contributed by atoms with Crippen molar-refractivity contribution in [2.75, 3.05) is 0 Å². The molecule has 1 aromatic carbocycles. The van der Waals surface area contributed by atoms with Gasteiger partial charge in [-0.1, -0.05) is 35.9 Å². The Hall–Kier alpha value is -0.790. The van der Waals surface area contributed by atoms with Gasteiger partial charge in [0.05, 0.1) is 6.10 Å². The van der Waals surface area contributed by atoms with Crippen molar-refractivity contribution >= 4 is 11.6 Å². The van der Waals surface area contributed by atoms with Gasteiger partial charge in [-0.25, -0.2) is 0 Å². The predicted octanol–water partition coefficient (Wildman–Crippen LogP) is 2.43. The molecule has 0 saturated heterocycles. The highest BCUT2D eigenvalue weighted by Crippen LogP contribution is 2.16. The maximum atomic E-state index is 9.26. The van der Waals surface area contributed by atoms with Crippen LogP contribution in [0.5, 0.6) is 0 Å². The summed E-state index contributed by atoms with van der Waals surface area (Å²) in [4.78, 5) is 0. The van der Waals surface area contributed by atoms with Crippen LogP contribution < -0.4 is 0 Å². The number of hydrogen-bond donors (Lipinski definition) is 1. The van der Waals surface area contributed by atoms with Crippen LogP contribution in [0, 0.1) is 0 Å². The number of aliphatic hydroxyl groups is 1. The van der Waals surface area contributed by atoms with Gasteiger partial charge in [0, 0.05) is 11.4 Å². The smallest absolute Gasteiger partial charge is 0.0759 e. The van der Waals surface area contributed by atoms with E-state index in [2.05, 4.69) is 6.58 Å². The van der Waals surface area contributed by atoms with Gasteiger partial charge in [-0.05, 0) is 11.6 Å². The second-order valence-electron chi connectivity index (χ2n) is 2.60. The minimum atomic E-state index is -0.509. The maximum absolute atomic E-state index is 9.26. The molecule has 0 fully saturated rings. The summed E-state index contributed by atoms with van der Waals surface area (Å²) in [5.41, 5.74) is 0.951. The molecule has 1 rings (SSSR count). The summed E-state index contributed by atoms with van der Waals surface area (Å²) in [6.07, 6.45) is 1.52. The van der Waals surface area contributed by atoms with E-state index in [4.69, 9.17) is 11.6 Å². The van der Waals surface area contributed by atoms with Crippen molar-refractivity contribution in [3.63, 3.8) is 0 Å². The molecule has 0 bridgehead atoms. The first kappa shape index (κ1) is 9.30. The minimum absolute atomic E-state index is 0.509. The standard InChI is InChI=1S/C10H11ClO/c1-2-9(12)7-8-5-3-4-6-10(8)11/h2-6,9,12H,1,7H2. The lowest BCUT2D eigenvalue weighted by Gasteiger charge is -2.06. The van der Waals surface area contributed by atoms with E-state index in [0.717, 1.165) is 5.56 Å². The van der Waals surface area contributed by atoms with E-state index in [9.17, 15) is 5.11 Å². The Morgan fingerprint density at radius 1 is 1.50 bits per heavy atom. The molecule has 1 aromatic rings. The van der Waals surface area contributed by atoms with E-state index in [1.807, 2.05) is 24.3 Å². The molecule has 1 atom stereocenters. The second-order valence-corrected chi connectivity index (χ2v) is 3.01. The molecule has 0 aliphatic rings. The first-order valence-electron chi connectivity index (χ1n) is 3.78. The van der Waals surface area contributed by atoms with E-state index in [1.54, 1.807) is 0 Å². The Morgan fingerprint density at radius 2 is 2.17 bits per heavy atom. The van der Waals surface area contributed by atoms with Crippen LogP contribution in [-0.2, 0) is 6.42 Å². The molecule has 12 heavy (non-hydrogen) atoms. The summed E-state index contributed by atoms with van der Waals surface area (Å²) in [6, 6.07) is 7.48. The first-order chi connectivity index (χ1) is 5.74. The molecule has 1 unspecified atom stereocenters. The third-order valence-electron chi connectivity index (χ3n) is 1.66. The van der Waals surface area contributed by atoms with Crippen molar-refractivity contribution in [3.05, 3.63) is 47.5 Å². The van der Waals surface area contributed by atoms with Gasteiger partial charge in [0.2, 0.25) is 0 Å². The number of halogens is 1. The summed E-state index contributed by atoms with van der Waals surface area (Å²) in [7, 11) is 0. The molecule has 0 saturated carbocycles. The van der Waals surface area contributed by atoms with Gasteiger partial charge >= 0.3 is 0 Å². The van der Waals surface area contributed by atoms with Crippen molar-refractivity contribution in [1.29, 1.82) is 0 Å². The normalized spacial score (nSPS) is 12.5. The zero-order valence-electron chi connectivity index (χ0n) is 6.70. The lowest BCUT2D eigenvalue weighted by atomic mass is 10.1. The second kappa shape index (κ2) is 4.29. The van der Waals surface area contributed by atoms with Gasteiger partial charge in [0.1, 0.15) is 0 Å². The van der Waals surface area contributed by atoms with Crippen molar-refractivity contribution < 1.29 is 5.11 Å². The minimum Gasteiger partial charge on any atom is -0.389 e. The van der Waals surface area contributed by atoms with Crippen LogP contribution in [0.15, 0.2) is 36.9 Å². The number of rotatable bonds is 3. The molecule has 1 nitrogen and oxygen atoms in total. The van der Waals surface area contributed by atoms with Crippen LogP contribution in [0.1, 0.15) is 5.56 Å². The average Bonchev–Trinajstić information content (AvgIpc) is 2.09. The fourth-order valence-electron chi connectivity index (χ4n) is 0.973. The predicted molar refractivity (Wildman–Crippen MR) is 51.4 cm³/mol. The highest BCUT2D eigenvalue weighted by Gasteiger charge is 2.03. The fraction of sp³-hybridized carbons (Fsp3) is 0.200. The van der Waals surface area contributed by atoms with Crippen LogP contribution in [0.4, 0.5) is 0 Å². The van der Waals surface area contributed by atoms with Crippen LogP contribution in [0.25, 0.3) is 0 Å². The zero-order chi connectivity index (χ0) is 8.97. The van der Waals surface area contributed by atoms with Crippen LogP contribution in [0.2, 0.25) is 5.02 Å². The Bertz CT molecular complexity index is 270. The molecule has 1 N–H and O–H groups in total. The first-order valence-corrected chi connectivity index (χ1v) is 4.16. The Morgan fingerprint density at radius 3 is 2.75 bits per heavy atom. The molecule has 64 valence electrons. The van der Waals surface area contributed by atoms with Crippen molar-refractivity contribution in [2.45, 2.75) is 12.5 Å². The lowest BCUT2D eigenvalue weighted by Crippen LogP contribution is -2.05. The van der Waals surface area contributed by atoms with E-state index in [-0.39, 0.29) is 0 Å². The van der Waals surface area contributed by atoms with Gasteiger partial charge in [-0.2, -0.15) is 0 Å².